The fourth-order valence-electron chi connectivity index (χ4n) is 1.20. The van der Waals surface area contributed by atoms with Crippen LogP contribution in [0, 0.1) is 6.92 Å². The number of hydrogen-bond acceptors (Lipinski definition) is 3. The van der Waals surface area contributed by atoms with Gasteiger partial charge in [0, 0.05) is 0 Å². The van der Waals surface area contributed by atoms with Crippen molar-refractivity contribution >= 4 is 18.5 Å². The second-order valence-electron chi connectivity index (χ2n) is 3.63. The van der Waals surface area contributed by atoms with E-state index in [2.05, 4.69) is 17.9 Å². The molecule has 88 valence electrons. The lowest BCUT2D eigenvalue weighted by Crippen LogP contribution is -2.32. The van der Waals surface area contributed by atoms with Crippen LogP contribution >= 0.6 is 12.6 Å². The number of ether oxygens (including phenoxy) is 1. The van der Waals surface area contributed by atoms with Gasteiger partial charge in [-0.15, -0.1) is 0 Å². The number of benzene rings is 1. The van der Waals surface area contributed by atoms with Crippen LogP contribution < -0.4 is 10.1 Å². The van der Waals surface area contributed by atoms with E-state index in [-0.39, 0.29) is 11.2 Å². The van der Waals surface area contributed by atoms with Gasteiger partial charge in [-0.25, -0.2) is 0 Å². The first-order valence-electron chi connectivity index (χ1n) is 5.25. The Labute approximate surface area is 102 Å². The number of hydrogen-bond donors (Lipinski definition) is 2. The van der Waals surface area contributed by atoms with E-state index >= 15 is 0 Å². The average molecular weight is 239 g/mol. The Morgan fingerprint density at radius 2 is 2.31 bits per heavy atom. The van der Waals surface area contributed by atoms with Gasteiger partial charge in [-0.05, 0) is 31.5 Å². The maximum atomic E-state index is 11.2. The van der Waals surface area contributed by atoms with E-state index in [1.165, 1.54) is 0 Å². The topological polar surface area (TPSA) is 38.3 Å². The summed E-state index contributed by atoms with van der Waals surface area (Å²) in [7, 11) is 0. The molecule has 1 aromatic rings. The second kappa shape index (κ2) is 6.43. The second-order valence-corrected chi connectivity index (χ2v) is 4.41. The summed E-state index contributed by atoms with van der Waals surface area (Å²) in [5.41, 5.74) is 1.16. The third-order valence-electron chi connectivity index (χ3n) is 2.04. The molecule has 0 aliphatic heterocycles. The molecule has 0 aromatic heterocycles. The van der Waals surface area contributed by atoms with Gasteiger partial charge in [0.05, 0.1) is 11.8 Å². The van der Waals surface area contributed by atoms with Crippen LogP contribution in [0.15, 0.2) is 24.3 Å². The number of nitrogens with one attached hydrogen (secondary N) is 1. The summed E-state index contributed by atoms with van der Waals surface area (Å²) in [6.07, 6.45) is 0. The van der Waals surface area contributed by atoms with Crippen LogP contribution in [-0.2, 0) is 4.79 Å². The molecule has 1 atom stereocenters. The number of carbonyl (C=O) groups excluding carboxylic acids is 1. The summed E-state index contributed by atoms with van der Waals surface area (Å²) >= 11 is 4.03. The third kappa shape index (κ3) is 4.57. The van der Waals surface area contributed by atoms with Crippen molar-refractivity contribution in [1.29, 1.82) is 0 Å². The molecule has 4 heteroatoms. The molecule has 1 aromatic carbocycles. The first-order valence-corrected chi connectivity index (χ1v) is 5.76. The summed E-state index contributed by atoms with van der Waals surface area (Å²) in [5.74, 6) is 0.754. The van der Waals surface area contributed by atoms with Crippen molar-refractivity contribution in [2.75, 3.05) is 13.2 Å². The highest BCUT2D eigenvalue weighted by molar-refractivity contribution is 7.81. The molecule has 1 rings (SSSR count). The molecule has 0 heterocycles. The molecule has 0 saturated heterocycles. The fourth-order valence-corrected chi connectivity index (χ4v) is 1.29. The van der Waals surface area contributed by atoms with E-state index < -0.39 is 0 Å². The van der Waals surface area contributed by atoms with Gasteiger partial charge in [0.25, 0.3) is 0 Å². The Morgan fingerprint density at radius 3 is 2.94 bits per heavy atom. The number of aryl methyl sites for hydroxylation is 1. The minimum atomic E-state index is -0.279. The van der Waals surface area contributed by atoms with Gasteiger partial charge in [-0.1, -0.05) is 12.1 Å². The average Bonchev–Trinajstić information content (AvgIpc) is 2.24. The van der Waals surface area contributed by atoms with Crippen LogP contribution in [0.4, 0.5) is 0 Å². The monoisotopic (exact) mass is 239 g/mol. The van der Waals surface area contributed by atoms with Crippen molar-refractivity contribution in [1.82, 2.24) is 5.32 Å². The Morgan fingerprint density at radius 1 is 1.56 bits per heavy atom. The van der Waals surface area contributed by atoms with Crippen LogP contribution in [0.25, 0.3) is 0 Å². The van der Waals surface area contributed by atoms with Gasteiger partial charge in [-0.2, -0.15) is 12.6 Å². The van der Waals surface area contributed by atoms with Crippen molar-refractivity contribution in [2.45, 2.75) is 19.1 Å². The van der Waals surface area contributed by atoms with Gasteiger partial charge in [-0.3, -0.25) is 4.79 Å². The molecule has 3 nitrogen and oxygen atoms in total. The number of amides is 1. The molecule has 0 bridgehead atoms. The lowest BCUT2D eigenvalue weighted by molar-refractivity contribution is -0.120. The van der Waals surface area contributed by atoms with Gasteiger partial charge in [0.15, 0.2) is 0 Å². The van der Waals surface area contributed by atoms with Crippen molar-refractivity contribution in [3.63, 3.8) is 0 Å². The van der Waals surface area contributed by atoms with Crippen LogP contribution in [0.5, 0.6) is 5.75 Å². The summed E-state index contributed by atoms with van der Waals surface area (Å²) in [5, 5.41) is 2.45. The smallest absolute Gasteiger partial charge is 0.232 e. The highest BCUT2D eigenvalue weighted by Gasteiger charge is 2.05. The molecule has 1 unspecified atom stereocenters. The predicted octanol–water partition coefficient (Wildman–Crippen LogP) is 1.81. The Bertz CT molecular complexity index is 353. The van der Waals surface area contributed by atoms with E-state index in [0.29, 0.717) is 13.2 Å². The molecular weight excluding hydrogens is 222 g/mol. The molecule has 1 amide bonds. The molecule has 16 heavy (non-hydrogen) atoms. The highest BCUT2D eigenvalue weighted by atomic mass is 32.1. The molecule has 0 radical (unpaired) electrons. The maximum absolute atomic E-state index is 11.2. The van der Waals surface area contributed by atoms with E-state index in [4.69, 9.17) is 4.74 Å². The lowest BCUT2D eigenvalue weighted by atomic mass is 10.2. The van der Waals surface area contributed by atoms with Gasteiger partial charge < -0.3 is 10.1 Å². The van der Waals surface area contributed by atoms with Gasteiger partial charge in [0.2, 0.25) is 5.91 Å². The Hall–Kier alpha value is -1.16. The minimum absolute atomic E-state index is 0.0730. The van der Waals surface area contributed by atoms with Crippen LogP contribution in [0.2, 0.25) is 0 Å². The molecule has 1 N–H and O–H groups in total. The standard InChI is InChI=1S/C12H17NO2S/c1-9-4-3-5-11(8-9)15-7-6-13-12(14)10(2)16/h3-5,8,10,16H,6-7H2,1-2H3,(H,13,14). The first kappa shape index (κ1) is 12.9. The van der Waals surface area contributed by atoms with Crippen molar-refractivity contribution in [2.24, 2.45) is 0 Å². The zero-order valence-corrected chi connectivity index (χ0v) is 10.5. The van der Waals surface area contributed by atoms with Crippen molar-refractivity contribution < 1.29 is 9.53 Å². The summed E-state index contributed by atoms with van der Waals surface area (Å²) in [6.45, 7) is 4.71. The zero-order valence-electron chi connectivity index (χ0n) is 9.56. The van der Waals surface area contributed by atoms with Crippen LogP contribution in [0.3, 0.4) is 0 Å². The van der Waals surface area contributed by atoms with E-state index in [1.54, 1.807) is 6.92 Å². The molecular formula is C12H17NO2S. The Kier molecular flexibility index (Phi) is 5.19. The molecule has 0 fully saturated rings. The molecule has 0 saturated carbocycles. The number of rotatable bonds is 5. The predicted molar refractivity (Wildman–Crippen MR) is 68.1 cm³/mol. The summed E-state index contributed by atoms with van der Waals surface area (Å²) in [4.78, 5) is 11.2. The number of thiol groups is 1. The SMILES string of the molecule is Cc1cccc(OCCNC(=O)C(C)S)c1. The van der Waals surface area contributed by atoms with Crippen LogP contribution in [0.1, 0.15) is 12.5 Å². The third-order valence-corrected chi connectivity index (χ3v) is 2.27. The van der Waals surface area contributed by atoms with Gasteiger partial charge in [0.1, 0.15) is 12.4 Å². The summed E-state index contributed by atoms with van der Waals surface area (Å²) < 4.78 is 5.48. The van der Waals surface area contributed by atoms with E-state index in [0.717, 1.165) is 11.3 Å². The van der Waals surface area contributed by atoms with E-state index in [1.807, 2.05) is 31.2 Å². The van der Waals surface area contributed by atoms with Crippen molar-refractivity contribution in [3.8, 4) is 5.75 Å². The molecule has 0 aliphatic rings. The highest BCUT2D eigenvalue weighted by Crippen LogP contribution is 2.11. The quantitative estimate of drug-likeness (QED) is 0.607. The van der Waals surface area contributed by atoms with Crippen LogP contribution in [-0.4, -0.2) is 24.3 Å². The summed E-state index contributed by atoms with van der Waals surface area (Å²) in [6, 6.07) is 7.81. The molecule has 0 spiro atoms. The van der Waals surface area contributed by atoms with Crippen molar-refractivity contribution in [3.05, 3.63) is 29.8 Å². The first-order chi connectivity index (χ1) is 7.59. The minimum Gasteiger partial charge on any atom is -0.492 e. The fraction of sp³-hybridized carbons (Fsp3) is 0.417. The Balaban J connectivity index is 2.23. The normalized spacial score (nSPS) is 11.9. The van der Waals surface area contributed by atoms with Gasteiger partial charge >= 0.3 is 0 Å². The maximum Gasteiger partial charge on any atom is 0.232 e. The zero-order chi connectivity index (χ0) is 12.0. The number of carbonyl (C=O) groups is 1. The van der Waals surface area contributed by atoms with E-state index in [9.17, 15) is 4.79 Å². The lowest BCUT2D eigenvalue weighted by Gasteiger charge is -2.09. The largest absolute Gasteiger partial charge is 0.492 e. The molecule has 0 aliphatic carbocycles.